The number of aromatic nitrogens is 4. The van der Waals surface area contributed by atoms with Gasteiger partial charge in [-0.15, -0.1) is 20.4 Å². The molecule has 0 atom stereocenters. The number of benzene rings is 2. The van der Waals surface area contributed by atoms with Crippen LogP contribution in [0.2, 0.25) is 0 Å². The zero-order valence-electron chi connectivity index (χ0n) is 19.0. The third-order valence-corrected chi connectivity index (χ3v) is 9.06. The molecule has 0 bridgehead atoms. The minimum absolute atomic E-state index is 0.614. The molecule has 8 nitrogen and oxygen atoms in total. The van der Waals surface area contributed by atoms with Crippen LogP contribution < -0.4 is 9.80 Å². The fourth-order valence-electron chi connectivity index (χ4n) is 2.62. The summed E-state index contributed by atoms with van der Waals surface area (Å²) in [5.41, 5.74) is 4.32. The molecule has 0 aliphatic rings. The molecule has 4 aromatic rings. The van der Waals surface area contributed by atoms with E-state index in [1.165, 1.54) is 44.3 Å². The molecule has 174 valence electrons. The van der Waals surface area contributed by atoms with Crippen LogP contribution in [0.3, 0.4) is 0 Å². The second-order valence-corrected chi connectivity index (χ2v) is 11.9. The number of nitrogens with zero attached hydrogens (tertiary/aromatic N) is 8. The van der Waals surface area contributed by atoms with Gasteiger partial charge in [0, 0.05) is 52.0 Å². The van der Waals surface area contributed by atoms with Gasteiger partial charge in [0.2, 0.25) is 10.3 Å². The standard InChI is InChI=1S/C22H22N8S4/c1-29(2)17-9-5-15(6-10-17)13-23-19-25-27-21(31-19)33-34-22-28-26-20(32-22)24-14-16-7-11-18(12-8-16)30(3)4/h5-14H,1-4H3/b23-13-,24-14-. The molecular formula is C22H22N8S4. The van der Waals surface area contributed by atoms with Crippen LogP contribution in [0.15, 0.2) is 67.2 Å². The zero-order chi connectivity index (χ0) is 23.9. The van der Waals surface area contributed by atoms with Crippen molar-refractivity contribution in [2.45, 2.75) is 8.68 Å². The summed E-state index contributed by atoms with van der Waals surface area (Å²) < 4.78 is 1.61. The summed E-state index contributed by atoms with van der Waals surface area (Å²) in [6, 6.07) is 16.3. The van der Waals surface area contributed by atoms with E-state index in [0.717, 1.165) is 31.2 Å². The van der Waals surface area contributed by atoms with E-state index >= 15 is 0 Å². The van der Waals surface area contributed by atoms with E-state index in [2.05, 4.69) is 64.4 Å². The Morgan fingerprint density at radius 2 is 1.00 bits per heavy atom. The average molecular weight is 527 g/mol. The van der Waals surface area contributed by atoms with Crippen molar-refractivity contribution in [3.8, 4) is 0 Å². The van der Waals surface area contributed by atoms with E-state index in [9.17, 15) is 0 Å². The summed E-state index contributed by atoms with van der Waals surface area (Å²) in [6.07, 6.45) is 3.59. The van der Waals surface area contributed by atoms with Gasteiger partial charge < -0.3 is 9.80 Å². The highest BCUT2D eigenvalue weighted by Gasteiger charge is 2.09. The second-order valence-electron chi connectivity index (χ2n) is 7.36. The molecule has 4 rings (SSSR count). The molecule has 0 saturated heterocycles. The van der Waals surface area contributed by atoms with Crippen molar-refractivity contribution in [2.24, 2.45) is 9.98 Å². The van der Waals surface area contributed by atoms with Crippen molar-refractivity contribution >= 4 is 78.3 Å². The first kappa shape index (κ1) is 24.3. The third-order valence-electron chi connectivity index (χ3n) is 4.44. The van der Waals surface area contributed by atoms with Gasteiger partial charge in [0.15, 0.2) is 8.68 Å². The smallest absolute Gasteiger partial charge is 0.232 e. The maximum absolute atomic E-state index is 4.44. The lowest BCUT2D eigenvalue weighted by Gasteiger charge is -2.11. The highest BCUT2D eigenvalue weighted by atomic mass is 33.1. The maximum Gasteiger partial charge on any atom is 0.232 e. The molecule has 0 amide bonds. The Labute approximate surface area is 214 Å². The van der Waals surface area contributed by atoms with Crippen LogP contribution in [-0.2, 0) is 0 Å². The second kappa shape index (κ2) is 11.6. The highest BCUT2D eigenvalue weighted by molar-refractivity contribution is 8.77. The molecule has 2 aromatic carbocycles. The quantitative estimate of drug-likeness (QED) is 0.199. The van der Waals surface area contributed by atoms with Gasteiger partial charge in [-0.2, -0.15) is 0 Å². The Hall–Kier alpha value is -2.80. The van der Waals surface area contributed by atoms with Crippen LogP contribution in [-0.4, -0.2) is 61.0 Å². The van der Waals surface area contributed by atoms with E-state index in [1.807, 2.05) is 52.5 Å². The Bertz CT molecular complexity index is 1160. The number of anilines is 2. The SMILES string of the molecule is CN(C)c1ccc(/C=N\c2nnc(SSc3nnc(/N=C\c4ccc(N(C)C)cc4)s3)s2)cc1. The zero-order valence-corrected chi connectivity index (χ0v) is 22.3. The molecule has 12 heteroatoms. The predicted octanol–water partition coefficient (Wildman–Crippen LogP) is 5.82. The van der Waals surface area contributed by atoms with Crippen molar-refractivity contribution in [1.82, 2.24) is 20.4 Å². The molecule has 0 radical (unpaired) electrons. The lowest BCUT2D eigenvalue weighted by atomic mass is 10.2. The van der Waals surface area contributed by atoms with E-state index in [0.29, 0.717) is 10.3 Å². The van der Waals surface area contributed by atoms with Crippen molar-refractivity contribution in [3.63, 3.8) is 0 Å². The van der Waals surface area contributed by atoms with Crippen molar-refractivity contribution in [3.05, 3.63) is 59.7 Å². The summed E-state index contributed by atoms with van der Waals surface area (Å²) in [5, 5.41) is 17.9. The summed E-state index contributed by atoms with van der Waals surface area (Å²) in [5.74, 6) is 0. The molecule has 0 N–H and O–H groups in total. The number of hydrogen-bond acceptors (Lipinski definition) is 12. The first-order valence-corrected chi connectivity index (χ1v) is 13.9. The Morgan fingerprint density at radius 1 is 0.618 bits per heavy atom. The van der Waals surface area contributed by atoms with Gasteiger partial charge in [0.1, 0.15) is 0 Å². The maximum atomic E-state index is 4.44. The van der Waals surface area contributed by atoms with Gasteiger partial charge in [-0.3, -0.25) is 0 Å². The topological polar surface area (TPSA) is 82.8 Å². The van der Waals surface area contributed by atoms with Crippen LogP contribution in [0.4, 0.5) is 21.6 Å². The van der Waals surface area contributed by atoms with Gasteiger partial charge in [-0.1, -0.05) is 46.9 Å². The largest absolute Gasteiger partial charge is 0.378 e. The first-order chi connectivity index (χ1) is 16.5. The Morgan fingerprint density at radius 3 is 1.35 bits per heavy atom. The van der Waals surface area contributed by atoms with E-state index in [4.69, 9.17) is 0 Å². The molecule has 0 unspecified atom stereocenters. The Balaban J connectivity index is 1.29. The van der Waals surface area contributed by atoms with Crippen LogP contribution >= 0.6 is 44.3 Å². The van der Waals surface area contributed by atoms with E-state index in [-0.39, 0.29) is 0 Å². The van der Waals surface area contributed by atoms with Crippen molar-refractivity contribution < 1.29 is 0 Å². The summed E-state index contributed by atoms with van der Waals surface area (Å²) in [6.45, 7) is 0. The third kappa shape index (κ3) is 6.86. The fourth-order valence-corrected chi connectivity index (χ4v) is 6.34. The minimum atomic E-state index is 0.614. The molecule has 34 heavy (non-hydrogen) atoms. The first-order valence-electron chi connectivity index (χ1n) is 10.1. The summed E-state index contributed by atoms with van der Waals surface area (Å²) in [7, 11) is 11.0. The van der Waals surface area contributed by atoms with Gasteiger partial charge >= 0.3 is 0 Å². The van der Waals surface area contributed by atoms with E-state index < -0.39 is 0 Å². The van der Waals surface area contributed by atoms with Gasteiger partial charge in [-0.25, -0.2) is 9.98 Å². The summed E-state index contributed by atoms with van der Waals surface area (Å²) >= 11 is 2.87. The number of hydrogen-bond donors (Lipinski definition) is 0. The number of aliphatic imine (C=N–C) groups is 2. The minimum Gasteiger partial charge on any atom is -0.378 e. The monoisotopic (exact) mass is 526 g/mol. The molecule has 0 aliphatic heterocycles. The van der Waals surface area contributed by atoms with Gasteiger partial charge in [-0.05, 0) is 57.0 Å². The van der Waals surface area contributed by atoms with Crippen LogP contribution in [0, 0.1) is 0 Å². The fraction of sp³-hybridized carbons (Fsp3) is 0.182. The molecule has 0 fully saturated rings. The normalized spacial score (nSPS) is 11.5. The van der Waals surface area contributed by atoms with Crippen molar-refractivity contribution in [2.75, 3.05) is 38.0 Å². The number of rotatable bonds is 9. The van der Waals surface area contributed by atoms with Gasteiger partial charge in [0.25, 0.3) is 0 Å². The molecule has 2 aromatic heterocycles. The van der Waals surface area contributed by atoms with Gasteiger partial charge in [0.05, 0.1) is 0 Å². The molecule has 0 aliphatic carbocycles. The Kier molecular flexibility index (Phi) is 8.27. The van der Waals surface area contributed by atoms with Crippen molar-refractivity contribution in [1.29, 1.82) is 0 Å². The molecule has 2 heterocycles. The lowest BCUT2D eigenvalue weighted by Crippen LogP contribution is -2.08. The molecule has 0 saturated carbocycles. The lowest BCUT2D eigenvalue weighted by molar-refractivity contribution is 1.01. The van der Waals surface area contributed by atoms with Crippen LogP contribution in [0.1, 0.15) is 11.1 Å². The average Bonchev–Trinajstić information content (AvgIpc) is 3.50. The highest BCUT2D eigenvalue weighted by Crippen LogP contribution is 2.42. The summed E-state index contributed by atoms with van der Waals surface area (Å²) in [4.78, 5) is 13.0. The van der Waals surface area contributed by atoms with Crippen LogP contribution in [0.25, 0.3) is 0 Å². The van der Waals surface area contributed by atoms with E-state index in [1.54, 1.807) is 12.4 Å². The molecule has 0 spiro atoms. The predicted molar refractivity (Wildman–Crippen MR) is 148 cm³/mol. The van der Waals surface area contributed by atoms with Crippen LogP contribution in [0.5, 0.6) is 0 Å². The molecular weight excluding hydrogens is 505 g/mol.